The number of hydrogen-bond acceptors (Lipinski definition) is 4. The van der Waals surface area contributed by atoms with Crippen molar-refractivity contribution in [3.8, 4) is 0 Å². The van der Waals surface area contributed by atoms with E-state index < -0.39 is 10.0 Å². The Labute approximate surface area is 109 Å². The van der Waals surface area contributed by atoms with Crippen molar-refractivity contribution in [2.24, 2.45) is 0 Å². The minimum Gasteiger partial charge on any atom is -0.385 e. The first kappa shape index (κ1) is 14.9. The molecular weight excluding hydrogens is 252 g/mol. The van der Waals surface area contributed by atoms with E-state index in [0.717, 1.165) is 6.42 Å². The zero-order valence-corrected chi connectivity index (χ0v) is 11.8. The van der Waals surface area contributed by atoms with Gasteiger partial charge in [0.05, 0.1) is 5.69 Å². The van der Waals surface area contributed by atoms with Crippen molar-refractivity contribution in [2.45, 2.75) is 24.3 Å². The molecule has 0 saturated heterocycles. The molecule has 0 amide bonds. The number of nitrogens with one attached hydrogen (secondary N) is 2. The van der Waals surface area contributed by atoms with Crippen molar-refractivity contribution in [3.05, 3.63) is 24.3 Å². The van der Waals surface area contributed by atoms with Crippen LogP contribution in [0.25, 0.3) is 0 Å². The minimum absolute atomic E-state index is 0.137. The molecule has 0 aliphatic heterocycles. The topological polar surface area (TPSA) is 67.4 Å². The third-order valence-corrected chi connectivity index (χ3v) is 4.07. The first-order valence-corrected chi connectivity index (χ1v) is 7.27. The van der Waals surface area contributed by atoms with Crippen LogP contribution in [-0.4, -0.2) is 35.2 Å². The number of methoxy groups -OCH3 is 1. The molecule has 0 fully saturated rings. The summed E-state index contributed by atoms with van der Waals surface area (Å²) in [5.74, 6) is 0. The summed E-state index contributed by atoms with van der Waals surface area (Å²) in [5.41, 5.74) is 0.607. The highest BCUT2D eigenvalue weighted by atomic mass is 32.2. The fourth-order valence-electron chi connectivity index (χ4n) is 1.56. The monoisotopic (exact) mass is 272 g/mol. The molecular formula is C12H20N2O3S. The van der Waals surface area contributed by atoms with Gasteiger partial charge in [-0.2, -0.15) is 0 Å². The fourth-order valence-corrected chi connectivity index (χ4v) is 2.46. The predicted octanol–water partition coefficient (Wildman–Crippen LogP) is 1.43. The lowest BCUT2D eigenvalue weighted by atomic mass is 10.2. The van der Waals surface area contributed by atoms with Crippen molar-refractivity contribution in [3.63, 3.8) is 0 Å². The van der Waals surface area contributed by atoms with Crippen LogP contribution in [0.5, 0.6) is 0 Å². The highest BCUT2D eigenvalue weighted by molar-refractivity contribution is 7.89. The number of rotatable bonds is 7. The van der Waals surface area contributed by atoms with Gasteiger partial charge in [-0.15, -0.1) is 0 Å². The number of anilines is 1. The third-order valence-electron chi connectivity index (χ3n) is 2.60. The molecule has 0 aliphatic carbocycles. The van der Waals surface area contributed by atoms with Gasteiger partial charge in [0.25, 0.3) is 0 Å². The maximum absolute atomic E-state index is 11.8. The SMILES string of the molecule is CNS(=O)(=O)c1ccccc1NC(C)CCOC. The molecule has 1 atom stereocenters. The Morgan fingerprint density at radius 1 is 1.33 bits per heavy atom. The zero-order valence-electron chi connectivity index (χ0n) is 10.9. The second-order valence-electron chi connectivity index (χ2n) is 4.03. The molecule has 0 heterocycles. The Balaban J connectivity index is 2.90. The van der Waals surface area contributed by atoms with Crippen molar-refractivity contribution < 1.29 is 13.2 Å². The molecule has 0 radical (unpaired) electrons. The summed E-state index contributed by atoms with van der Waals surface area (Å²) < 4.78 is 31.0. The molecule has 18 heavy (non-hydrogen) atoms. The van der Waals surface area contributed by atoms with E-state index in [0.29, 0.717) is 12.3 Å². The van der Waals surface area contributed by atoms with Crippen LogP contribution in [0.15, 0.2) is 29.2 Å². The molecule has 1 rings (SSSR count). The summed E-state index contributed by atoms with van der Waals surface area (Å²) in [7, 11) is -0.391. The van der Waals surface area contributed by atoms with Crippen molar-refractivity contribution >= 4 is 15.7 Å². The van der Waals surface area contributed by atoms with Crippen molar-refractivity contribution in [2.75, 3.05) is 26.1 Å². The van der Waals surface area contributed by atoms with Gasteiger partial charge < -0.3 is 10.1 Å². The van der Waals surface area contributed by atoms with E-state index in [1.54, 1.807) is 31.4 Å². The van der Waals surface area contributed by atoms with Gasteiger partial charge in [-0.25, -0.2) is 13.1 Å². The van der Waals surface area contributed by atoms with E-state index in [4.69, 9.17) is 4.74 Å². The summed E-state index contributed by atoms with van der Waals surface area (Å²) in [4.78, 5) is 0.261. The minimum atomic E-state index is -3.44. The number of hydrogen-bond donors (Lipinski definition) is 2. The van der Waals surface area contributed by atoms with Crippen LogP contribution >= 0.6 is 0 Å². The molecule has 1 aromatic rings. The average Bonchev–Trinajstić information content (AvgIpc) is 2.37. The number of ether oxygens (including phenoxy) is 1. The van der Waals surface area contributed by atoms with Gasteiger partial charge in [-0.05, 0) is 32.5 Å². The normalized spacial score (nSPS) is 13.3. The third kappa shape index (κ3) is 3.97. The van der Waals surface area contributed by atoms with E-state index >= 15 is 0 Å². The highest BCUT2D eigenvalue weighted by Gasteiger charge is 2.16. The lowest BCUT2D eigenvalue weighted by Crippen LogP contribution is -2.23. The predicted molar refractivity (Wildman–Crippen MR) is 72.3 cm³/mol. The maximum Gasteiger partial charge on any atom is 0.242 e. The highest BCUT2D eigenvalue weighted by Crippen LogP contribution is 2.21. The molecule has 6 heteroatoms. The van der Waals surface area contributed by atoms with Gasteiger partial charge in [0.2, 0.25) is 10.0 Å². The van der Waals surface area contributed by atoms with Crippen LogP contribution in [-0.2, 0) is 14.8 Å². The molecule has 102 valence electrons. The average molecular weight is 272 g/mol. The molecule has 2 N–H and O–H groups in total. The van der Waals surface area contributed by atoms with Crippen LogP contribution in [0.4, 0.5) is 5.69 Å². The fraction of sp³-hybridized carbons (Fsp3) is 0.500. The smallest absolute Gasteiger partial charge is 0.242 e. The Morgan fingerprint density at radius 3 is 2.61 bits per heavy atom. The number of benzene rings is 1. The number of para-hydroxylation sites is 1. The van der Waals surface area contributed by atoms with Gasteiger partial charge >= 0.3 is 0 Å². The first-order chi connectivity index (χ1) is 8.51. The Kier molecular flexibility index (Phi) is 5.58. The number of sulfonamides is 1. The van der Waals surface area contributed by atoms with Gasteiger partial charge in [0, 0.05) is 19.8 Å². The van der Waals surface area contributed by atoms with Crippen LogP contribution in [0, 0.1) is 0 Å². The second kappa shape index (κ2) is 6.72. The summed E-state index contributed by atoms with van der Waals surface area (Å²) >= 11 is 0. The largest absolute Gasteiger partial charge is 0.385 e. The lowest BCUT2D eigenvalue weighted by Gasteiger charge is -2.17. The zero-order chi connectivity index (χ0) is 13.6. The van der Waals surface area contributed by atoms with Gasteiger partial charge in [-0.3, -0.25) is 0 Å². The Morgan fingerprint density at radius 2 is 2.00 bits per heavy atom. The van der Waals surface area contributed by atoms with Crippen LogP contribution in [0.1, 0.15) is 13.3 Å². The molecule has 0 aliphatic rings. The summed E-state index contributed by atoms with van der Waals surface area (Å²) in [6, 6.07) is 6.98. The van der Waals surface area contributed by atoms with Crippen molar-refractivity contribution in [1.29, 1.82) is 0 Å². The Hall–Kier alpha value is -1.11. The van der Waals surface area contributed by atoms with E-state index in [1.165, 1.54) is 7.05 Å². The van der Waals surface area contributed by atoms with Gasteiger partial charge in [0.1, 0.15) is 4.90 Å². The van der Waals surface area contributed by atoms with Gasteiger partial charge in [0.15, 0.2) is 0 Å². The molecule has 1 aromatic carbocycles. The van der Waals surface area contributed by atoms with Crippen LogP contribution in [0.3, 0.4) is 0 Å². The van der Waals surface area contributed by atoms with Crippen LogP contribution < -0.4 is 10.0 Å². The molecule has 5 nitrogen and oxygen atoms in total. The lowest BCUT2D eigenvalue weighted by molar-refractivity contribution is 0.191. The maximum atomic E-state index is 11.8. The molecule has 0 saturated carbocycles. The van der Waals surface area contributed by atoms with Crippen LogP contribution in [0.2, 0.25) is 0 Å². The first-order valence-electron chi connectivity index (χ1n) is 5.79. The van der Waals surface area contributed by atoms with E-state index in [-0.39, 0.29) is 10.9 Å². The van der Waals surface area contributed by atoms with E-state index in [1.807, 2.05) is 6.92 Å². The molecule has 1 unspecified atom stereocenters. The van der Waals surface area contributed by atoms with Gasteiger partial charge in [-0.1, -0.05) is 12.1 Å². The molecule has 0 spiro atoms. The summed E-state index contributed by atoms with van der Waals surface area (Å²) in [6.07, 6.45) is 0.810. The van der Waals surface area contributed by atoms with E-state index in [2.05, 4.69) is 10.0 Å². The second-order valence-corrected chi connectivity index (χ2v) is 5.89. The summed E-state index contributed by atoms with van der Waals surface area (Å²) in [6.45, 7) is 2.62. The van der Waals surface area contributed by atoms with E-state index in [9.17, 15) is 8.42 Å². The van der Waals surface area contributed by atoms with Crippen molar-refractivity contribution in [1.82, 2.24) is 4.72 Å². The molecule has 0 aromatic heterocycles. The Bertz CT molecular complexity index is 474. The molecule has 0 bridgehead atoms. The summed E-state index contributed by atoms with van der Waals surface area (Å²) in [5, 5.41) is 3.19. The standard InChI is InChI=1S/C12H20N2O3S/c1-10(8-9-17-3)14-11-6-4-5-7-12(11)18(15,16)13-2/h4-7,10,13-14H,8-9H2,1-3H3. The quantitative estimate of drug-likeness (QED) is 0.788.